The largest absolute Gasteiger partial charge is 0.361 e. The van der Waals surface area contributed by atoms with Gasteiger partial charge in [-0.25, -0.2) is 13.1 Å². The average Bonchev–Trinajstić information content (AvgIpc) is 2.83. The SMILES string of the molecule is [2H]N(C)S(=O)(=O)C([2H])([2H])c1ccc2c(c1)c(C([2H])([2H])CN(C)C)cn2[2H]. The minimum Gasteiger partial charge on any atom is -0.361 e. The number of H-pyrrole nitrogens is 1. The van der Waals surface area contributed by atoms with E-state index in [9.17, 15) is 8.42 Å². The molecule has 2 rings (SSSR count). The molecule has 0 aliphatic heterocycles. The van der Waals surface area contributed by atoms with E-state index in [0.717, 1.165) is 12.0 Å². The number of hydrogen-bond acceptors (Lipinski definition) is 3. The maximum absolute atomic E-state index is 12.2. The minimum atomic E-state index is -4.58. The third-order valence-electron chi connectivity index (χ3n) is 2.69. The highest BCUT2D eigenvalue weighted by atomic mass is 32.2. The fourth-order valence-electron chi connectivity index (χ4n) is 1.71. The van der Waals surface area contributed by atoms with Crippen LogP contribution in [0.5, 0.6) is 0 Å². The van der Waals surface area contributed by atoms with Crippen LogP contribution in [0.4, 0.5) is 0 Å². The molecule has 0 atom stereocenters. The van der Waals surface area contributed by atoms with Crippen molar-refractivity contribution in [2.75, 3.05) is 27.7 Å². The van der Waals surface area contributed by atoms with Crippen molar-refractivity contribution in [3.63, 3.8) is 0 Å². The van der Waals surface area contributed by atoms with E-state index in [0.29, 0.717) is 5.52 Å². The lowest BCUT2D eigenvalue weighted by Gasteiger charge is -2.08. The summed E-state index contributed by atoms with van der Waals surface area (Å²) in [6.07, 6.45) is -0.525. The van der Waals surface area contributed by atoms with Crippen LogP contribution in [0.15, 0.2) is 24.4 Å². The predicted octanol–water partition coefficient (Wildman–Crippen LogP) is 1.32. The molecule has 0 radical (unpaired) electrons. The van der Waals surface area contributed by atoms with Gasteiger partial charge >= 0.3 is 0 Å². The summed E-state index contributed by atoms with van der Waals surface area (Å²) in [7, 11) is -0.244. The van der Waals surface area contributed by atoms with Crippen LogP contribution in [-0.2, 0) is 22.1 Å². The Morgan fingerprint density at radius 2 is 2.25 bits per heavy atom. The Balaban J connectivity index is 2.70. The molecule has 2 N–H and O–H groups in total. The van der Waals surface area contributed by atoms with Crippen molar-refractivity contribution in [2.45, 2.75) is 12.1 Å². The highest BCUT2D eigenvalue weighted by Crippen LogP contribution is 2.21. The Hall–Kier alpha value is -1.37. The Kier molecular flexibility index (Phi) is 2.62. The quantitative estimate of drug-likeness (QED) is 0.846. The van der Waals surface area contributed by atoms with Crippen molar-refractivity contribution >= 4 is 20.9 Å². The number of aromatic nitrogens is 1. The number of aromatic amines is 1. The zero-order valence-corrected chi connectivity index (χ0v) is 12.4. The first-order valence-electron chi connectivity index (χ1n) is 8.88. The van der Waals surface area contributed by atoms with E-state index in [1.807, 2.05) is 0 Å². The summed E-state index contributed by atoms with van der Waals surface area (Å²) in [5.41, 5.74) is -2.59. The van der Waals surface area contributed by atoms with Gasteiger partial charge in [0.25, 0.3) is 0 Å². The summed E-state index contributed by atoms with van der Waals surface area (Å²) >= 11 is 0. The molecule has 1 heterocycles. The van der Waals surface area contributed by atoms with E-state index in [2.05, 4.69) is 0 Å². The van der Waals surface area contributed by atoms with E-state index >= 15 is 0 Å². The number of rotatable bonds is 6. The first-order valence-corrected chi connectivity index (χ1v) is 7.43. The second kappa shape index (κ2) is 5.95. The summed E-state index contributed by atoms with van der Waals surface area (Å²) in [6, 6.07) is 3.86. The Labute approximate surface area is 128 Å². The fraction of sp³-hybridized carbons (Fsp3) is 0.429. The number of likely N-dealkylation sites (N-methyl/N-ethyl adjacent to an activating group) is 1. The summed E-state index contributed by atoms with van der Waals surface area (Å²) in [4.78, 5) is 2.62. The van der Waals surface area contributed by atoms with Gasteiger partial charge in [-0.1, -0.05) is 6.07 Å². The molecule has 20 heavy (non-hydrogen) atoms. The van der Waals surface area contributed by atoms with Gasteiger partial charge in [-0.15, -0.1) is 0 Å². The van der Waals surface area contributed by atoms with Crippen LogP contribution in [0, 0.1) is 0 Å². The Bertz CT molecular complexity index is 924. The van der Waals surface area contributed by atoms with Gasteiger partial charge in [0.05, 0.1) is 5.70 Å². The number of fused-ring (bicyclic) bond motifs is 1. The molecule has 1 aromatic carbocycles. The number of benzene rings is 1. The van der Waals surface area contributed by atoms with E-state index < -0.39 is 22.1 Å². The Morgan fingerprint density at radius 3 is 2.90 bits per heavy atom. The second-order valence-electron chi connectivity index (χ2n) is 4.58. The van der Waals surface area contributed by atoms with E-state index in [-0.39, 0.29) is 27.8 Å². The van der Waals surface area contributed by atoms with Gasteiger partial charge in [-0.2, -0.15) is 0 Å². The zero-order chi connectivity index (χ0) is 20.1. The Morgan fingerprint density at radius 1 is 1.50 bits per heavy atom. The number of nitrogens with one attached hydrogen (secondary N) is 2. The molecular weight excluding hydrogens is 274 g/mol. The van der Waals surface area contributed by atoms with Gasteiger partial charge in [0.2, 0.25) is 10.0 Å². The third kappa shape index (κ3) is 3.59. The first kappa shape index (κ1) is 8.81. The number of nitrogens with zero attached hydrogens (tertiary/aromatic N) is 1. The second-order valence-corrected chi connectivity index (χ2v) is 6.10. The standard InChI is InChI=1S/C14H21N3O2S/c1-15-20(18,19)10-11-4-5-14-13(8-11)12(9-16-14)6-7-17(2)3/h4-5,8-9,15-16H,6-7,10H2,1-3H3/i6D2,10D2/hD2. The van der Waals surface area contributed by atoms with E-state index in [4.69, 9.17) is 8.31 Å². The topological polar surface area (TPSA) is 65.2 Å². The number of sulfonamides is 1. The molecule has 2 aromatic rings. The molecule has 0 aliphatic rings. The van der Waals surface area contributed by atoms with Crippen molar-refractivity contribution in [3.8, 4) is 0 Å². The smallest absolute Gasteiger partial charge is 0.215 e. The third-order valence-corrected chi connectivity index (χ3v) is 3.67. The van der Waals surface area contributed by atoms with Gasteiger partial charge in [0.15, 0.2) is 1.41 Å². The molecule has 0 bridgehead atoms. The van der Waals surface area contributed by atoms with Crippen molar-refractivity contribution in [2.24, 2.45) is 0 Å². The lowest BCUT2D eigenvalue weighted by molar-refractivity contribution is 0.414. The molecule has 0 amide bonds. The lowest BCUT2D eigenvalue weighted by atomic mass is 10.1. The monoisotopic (exact) mass is 301 g/mol. The van der Waals surface area contributed by atoms with Gasteiger partial charge in [0, 0.05) is 29.1 Å². The van der Waals surface area contributed by atoms with E-state index in [1.54, 1.807) is 19.0 Å². The maximum Gasteiger partial charge on any atom is 0.215 e. The van der Waals surface area contributed by atoms with Crippen LogP contribution in [0.1, 0.15) is 16.6 Å². The van der Waals surface area contributed by atoms with Crippen molar-refractivity contribution in [1.29, 1.82) is 0 Å². The molecule has 1 aromatic heterocycles. The van der Waals surface area contributed by atoms with Crippen molar-refractivity contribution in [1.82, 2.24) is 14.6 Å². The van der Waals surface area contributed by atoms with Crippen LogP contribution >= 0.6 is 0 Å². The molecule has 5 nitrogen and oxygen atoms in total. The van der Waals surface area contributed by atoms with Crippen molar-refractivity contribution in [3.05, 3.63) is 35.5 Å². The highest BCUT2D eigenvalue weighted by Gasteiger charge is 2.11. The predicted molar refractivity (Wildman–Crippen MR) is 82.2 cm³/mol. The molecule has 0 saturated heterocycles. The zero-order valence-electron chi connectivity index (χ0n) is 17.6. The maximum atomic E-state index is 12.2. The van der Waals surface area contributed by atoms with Crippen LogP contribution in [0.2, 0.25) is 2.82 Å². The minimum absolute atomic E-state index is 0.0387. The van der Waals surface area contributed by atoms with Gasteiger partial charge < -0.3 is 9.88 Å². The first-order chi connectivity index (χ1) is 11.7. The van der Waals surface area contributed by atoms with Crippen LogP contribution in [-0.4, -0.2) is 46.0 Å². The summed E-state index contributed by atoms with van der Waals surface area (Å²) in [6.45, 7) is 0.0387. The summed E-state index contributed by atoms with van der Waals surface area (Å²) in [5.74, 6) is 0. The van der Waals surface area contributed by atoms with Crippen LogP contribution in [0.3, 0.4) is 0 Å². The molecule has 0 fully saturated rings. The van der Waals surface area contributed by atoms with Crippen molar-refractivity contribution < 1.29 is 16.7 Å². The molecule has 0 unspecified atom stereocenters. The molecule has 110 valence electrons. The highest BCUT2D eigenvalue weighted by molar-refractivity contribution is 7.88. The summed E-state index contributed by atoms with van der Waals surface area (Å²) in [5, 5.41) is 0.260. The van der Waals surface area contributed by atoms with E-state index in [1.165, 1.54) is 24.4 Å². The molecule has 0 spiro atoms. The normalized spacial score (nSPS) is 18.4. The van der Waals surface area contributed by atoms with Gasteiger partial charge in [0.1, 0.15) is 1.41 Å². The fourth-order valence-corrected chi connectivity index (χ4v) is 2.23. The average molecular weight is 301 g/mol. The molecular formula is C14H21N3O2S. The van der Waals surface area contributed by atoms with Gasteiger partial charge in [-0.05, 0) is 50.8 Å². The molecule has 0 aliphatic carbocycles. The summed E-state index contributed by atoms with van der Waals surface area (Å²) < 4.78 is 72.2. The molecule has 6 heteroatoms. The van der Waals surface area contributed by atoms with Crippen LogP contribution in [0.25, 0.3) is 10.9 Å². The molecule has 0 saturated carbocycles. The number of hydrogen-bond donors (Lipinski definition) is 2. The van der Waals surface area contributed by atoms with Gasteiger partial charge in [-0.3, -0.25) is 0 Å². The van der Waals surface area contributed by atoms with Crippen LogP contribution < -0.4 is 4.72 Å². The lowest BCUT2D eigenvalue weighted by Crippen LogP contribution is -2.20.